The maximum atomic E-state index is 9.38. The van der Waals surface area contributed by atoms with Crippen LogP contribution >= 0.6 is 0 Å². The first-order valence-corrected chi connectivity index (χ1v) is 6.42. The van der Waals surface area contributed by atoms with Crippen LogP contribution in [0.1, 0.15) is 16.8 Å². The van der Waals surface area contributed by atoms with Gasteiger partial charge in [-0.15, -0.1) is 0 Å². The maximum absolute atomic E-state index is 9.38. The Morgan fingerprint density at radius 3 is 2.38 bits per heavy atom. The van der Waals surface area contributed by atoms with Gasteiger partial charge in [0.15, 0.2) is 11.5 Å². The quantitative estimate of drug-likeness (QED) is 0.936. The molecule has 2 aromatic rings. The number of hydrogen-bond donors (Lipinski definition) is 1. The molecule has 108 valence electrons. The molecule has 0 amide bonds. The lowest BCUT2D eigenvalue weighted by Gasteiger charge is -2.15. The summed E-state index contributed by atoms with van der Waals surface area (Å²) in [6.45, 7) is 3.80. The van der Waals surface area contributed by atoms with E-state index in [2.05, 4.69) is 11.1 Å². The summed E-state index contributed by atoms with van der Waals surface area (Å²) in [4.78, 5) is 4.21. The number of aromatic nitrogens is 1. The molecule has 0 aliphatic carbocycles. The Balaban J connectivity index is 2.76. The molecule has 0 spiro atoms. The van der Waals surface area contributed by atoms with Crippen molar-refractivity contribution >= 4 is 5.82 Å². The van der Waals surface area contributed by atoms with Crippen molar-refractivity contribution in [3.8, 4) is 28.7 Å². The highest BCUT2D eigenvalue weighted by Gasteiger charge is 2.17. The van der Waals surface area contributed by atoms with Gasteiger partial charge >= 0.3 is 0 Å². The number of ether oxygens (including phenoxy) is 2. The summed E-state index contributed by atoms with van der Waals surface area (Å²) in [5, 5.41) is 9.38. The second-order valence-corrected chi connectivity index (χ2v) is 4.64. The topological polar surface area (TPSA) is 81.2 Å². The second kappa shape index (κ2) is 5.71. The van der Waals surface area contributed by atoms with Gasteiger partial charge in [0.25, 0.3) is 0 Å². The minimum atomic E-state index is 0.241. The molecule has 5 nitrogen and oxygen atoms in total. The number of aryl methyl sites for hydroxylation is 1. The first-order chi connectivity index (χ1) is 10.0. The van der Waals surface area contributed by atoms with Crippen LogP contribution in [0.5, 0.6) is 11.5 Å². The number of rotatable bonds is 3. The molecule has 0 aliphatic rings. The lowest BCUT2D eigenvalue weighted by atomic mass is 9.95. The normalized spacial score (nSPS) is 10.0. The van der Waals surface area contributed by atoms with Crippen LogP contribution in [0.15, 0.2) is 18.2 Å². The zero-order valence-electron chi connectivity index (χ0n) is 12.5. The molecule has 0 bridgehead atoms. The molecule has 2 rings (SSSR count). The summed E-state index contributed by atoms with van der Waals surface area (Å²) >= 11 is 0. The zero-order chi connectivity index (χ0) is 15.6. The van der Waals surface area contributed by atoms with Crippen LogP contribution in [0, 0.1) is 25.2 Å². The lowest BCUT2D eigenvalue weighted by molar-refractivity contribution is 0.355. The number of methoxy groups -OCH3 is 2. The molecule has 1 aromatic heterocycles. The highest BCUT2D eigenvalue weighted by molar-refractivity contribution is 5.80. The average molecular weight is 283 g/mol. The van der Waals surface area contributed by atoms with Crippen molar-refractivity contribution in [2.45, 2.75) is 13.8 Å². The molecule has 21 heavy (non-hydrogen) atoms. The van der Waals surface area contributed by atoms with Gasteiger partial charge in [0.05, 0.1) is 14.2 Å². The van der Waals surface area contributed by atoms with Gasteiger partial charge in [-0.2, -0.15) is 5.26 Å². The smallest absolute Gasteiger partial charge is 0.161 e. The molecule has 0 aliphatic heterocycles. The lowest BCUT2D eigenvalue weighted by Crippen LogP contribution is -2.03. The summed E-state index contributed by atoms with van der Waals surface area (Å²) in [7, 11) is 3.16. The van der Waals surface area contributed by atoms with E-state index in [-0.39, 0.29) is 5.82 Å². The van der Waals surface area contributed by atoms with Crippen LogP contribution in [0.3, 0.4) is 0 Å². The molecule has 2 N–H and O–H groups in total. The minimum absolute atomic E-state index is 0.241. The molecule has 0 saturated carbocycles. The predicted molar refractivity (Wildman–Crippen MR) is 81.4 cm³/mol. The third-order valence-electron chi connectivity index (χ3n) is 3.50. The van der Waals surface area contributed by atoms with Crippen molar-refractivity contribution in [2.75, 3.05) is 20.0 Å². The third-order valence-corrected chi connectivity index (χ3v) is 3.50. The van der Waals surface area contributed by atoms with E-state index in [4.69, 9.17) is 15.2 Å². The number of pyridine rings is 1. The number of nitriles is 1. The van der Waals surface area contributed by atoms with Crippen molar-refractivity contribution in [2.24, 2.45) is 0 Å². The molecule has 0 fully saturated rings. The maximum Gasteiger partial charge on any atom is 0.161 e. The van der Waals surface area contributed by atoms with E-state index in [1.54, 1.807) is 20.3 Å². The summed E-state index contributed by atoms with van der Waals surface area (Å²) in [6.07, 6.45) is 0. The highest BCUT2D eigenvalue weighted by Crippen LogP contribution is 2.36. The molecule has 1 heterocycles. The van der Waals surface area contributed by atoms with Gasteiger partial charge in [0.2, 0.25) is 0 Å². The van der Waals surface area contributed by atoms with Gasteiger partial charge in [0, 0.05) is 11.3 Å². The standard InChI is InChI=1S/C16H17N3O2/c1-9-10(2)19-16(18)12(8-17)15(9)11-5-6-13(20-3)14(7-11)21-4/h5-7H,1-4H3,(H2,18,19). The van der Waals surface area contributed by atoms with Crippen LogP contribution in [-0.2, 0) is 0 Å². The summed E-state index contributed by atoms with van der Waals surface area (Å²) in [5.74, 6) is 1.48. The van der Waals surface area contributed by atoms with Crippen LogP contribution in [0.25, 0.3) is 11.1 Å². The summed E-state index contributed by atoms with van der Waals surface area (Å²) in [5.41, 5.74) is 9.61. The summed E-state index contributed by atoms with van der Waals surface area (Å²) < 4.78 is 10.6. The van der Waals surface area contributed by atoms with E-state index in [9.17, 15) is 5.26 Å². The molecule has 0 radical (unpaired) electrons. The Kier molecular flexibility index (Phi) is 3.99. The number of nitrogens with zero attached hydrogens (tertiary/aromatic N) is 2. The van der Waals surface area contributed by atoms with Gasteiger partial charge < -0.3 is 15.2 Å². The van der Waals surface area contributed by atoms with Crippen LogP contribution in [-0.4, -0.2) is 19.2 Å². The molecular formula is C16H17N3O2. The summed E-state index contributed by atoms with van der Waals surface area (Å²) in [6, 6.07) is 7.66. The monoisotopic (exact) mass is 283 g/mol. The fraction of sp³-hybridized carbons (Fsp3) is 0.250. The Labute approximate surface area is 123 Å². The van der Waals surface area contributed by atoms with Crippen LogP contribution in [0.2, 0.25) is 0 Å². The van der Waals surface area contributed by atoms with E-state index >= 15 is 0 Å². The molecule has 0 unspecified atom stereocenters. The van der Waals surface area contributed by atoms with Gasteiger partial charge in [-0.3, -0.25) is 0 Å². The van der Waals surface area contributed by atoms with E-state index < -0.39 is 0 Å². The van der Waals surface area contributed by atoms with E-state index in [0.717, 1.165) is 22.4 Å². The fourth-order valence-electron chi connectivity index (χ4n) is 2.28. The Morgan fingerprint density at radius 1 is 1.14 bits per heavy atom. The van der Waals surface area contributed by atoms with Crippen LogP contribution in [0.4, 0.5) is 5.82 Å². The van der Waals surface area contributed by atoms with Crippen molar-refractivity contribution in [3.05, 3.63) is 35.0 Å². The average Bonchev–Trinajstić information content (AvgIpc) is 2.49. The second-order valence-electron chi connectivity index (χ2n) is 4.64. The minimum Gasteiger partial charge on any atom is -0.493 e. The highest BCUT2D eigenvalue weighted by atomic mass is 16.5. The zero-order valence-corrected chi connectivity index (χ0v) is 12.5. The Hall–Kier alpha value is -2.74. The molecule has 0 saturated heterocycles. The van der Waals surface area contributed by atoms with Gasteiger partial charge in [-0.05, 0) is 37.1 Å². The largest absolute Gasteiger partial charge is 0.493 e. The van der Waals surface area contributed by atoms with Crippen molar-refractivity contribution in [3.63, 3.8) is 0 Å². The third kappa shape index (κ3) is 2.48. The molecule has 0 atom stereocenters. The number of hydrogen-bond acceptors (Lipinski definition) is 5. The number of benzene rings is 1. The van der Waals surface area contributed by atoms with Crippen LogP contribution < -0.4 is 15.2 Å². The van der Waals surface area contributed by atoms with Crippen molar-refractivity contribution in [1.82, 2.24) is 4.98 Å². The molecular weight excluding hydrogens is 266 g/mol. The van der Waals surface area contributed by atoms with Crippen molar-refractivity contribution < 1.29 is 9.47 Å². The molecule has 1 aromatic carbocycles. The number of nitrogens with two attached hydrogens (primary N) is 1. The fourth-order valence-corrected chi connectivity index (χ4v) is 2.28. The number of anilines is 1. The first kappa shape index (κ1) is 14.7. The first-order valence-electron chi connectivity index (χ1n) is 6.42. The molecule has 5 heteroatoms. The predicted octanol–water partition coefficient (Wildman–Crippen LogP) is 2.84. The number of nitrogen functional groups attached to an aromatic ring is 1. The van der Waals surface area contributed by atoms with E-state index in [1.807, 2.05) is 26.0 Å². The van der Waals surface area contributed by atoms with Gasteiger partial charge in [0.1, 0.15) is 17.5 Å². The van der Waals surface area contributed by atoms with E-state index in [1.165, 1.54) is 0 Å². The SMILES string of the molecule is COc1ccc(-c2c(C)c(C)nc(N)c2C#N)cc1OC. The van der Waals surface area contributed by atoms with Gasteiger partial charge in [-0.1, -0.05) is 6.07 Å². The Morgan fingerprint density at radius 2 is 1.81 bits per heavy atom. The van der Waals surface area contributed by atoms with Crippen molar-refractivity contribution in [1.29, 1.82) is 5.26 Å². The van der Waals surface area contributed by atoms with E-state index in [0.29, 0.717) is 17.1 Å². The van der Waals surface area contributed by atoms with Gasteiger partial charge in [-0.25, -0.2) is 4.98 Å². The Bertz CT molecular complexity index is 733.